The van der Waals surface area contributed by atoms with Crippen LogP contribution in [0.1, 0.15) is 174 Å². The average molecular weight is 712 g/mol. The lowest BCUT2D eigenvalue weighted by molar-refractivity contribution is -0.302. The zero-order valence-electron chi connectivity index (χ0n) is 31.9. The van der Waals surface area contributed by atoms with Gasteiger partial charge in [0.25, 0.3) is 0 Å². The number of unbranched alkanes of at least 4 members (excludes halogenated alkanes) is 21. The second-order valence-electron chi connectivity index (χ2n) is 14.4. The van der Waals surface area contributed by atoms with Gasteiger partial charge in [0.15, 0.2) is 6.29 Å². The maximum Gasteiger partial charge on any atom is 0.220 e. The van der Waals surface area contributed by atoms with Gasteiger partial charge in [0.2, 0.25) is 5.91 Å². The molecule has 0 spiro atoms. The largest absolute Gasteiger partial charge is 0.394 e. The topological polar surface area (TPSA) is 149 Å². The Morgan fingerprint density at radius 1 is 0.660 bits per heavy atom. The van der Waals surface area contributed by atoms with Gasteiger partial charge in [-0.05, 0) is 38.5 Å². The maximum atomic E-state index is 12.8. The highest BCUT2D eigenvalue weighted by atomic mass is 16.7. The van der Waals surface area contributed by atoms with Crippen LogP contribution in [0.15, 0.2) is 24.3 Å². The summed E-state index contributed by atoms with van der Waals surface area (Å²) in [5, 5.41) is 53.9. The number of hydrogen-bond donors (Lipinski definition) is 6. The molecule has 7 unspecified atom stereocenters. The molecular formula is C41H77NO8. The number of ether oxygens (including phenoxy) is 2. The second kappa shape index (κ2) is 32.3. The first kappa shape index (κ1) is 46.7. The Morgan fingerprint density at radius 2 is 1.16 bits per heavy atom. The molecule has 1 saturated heterocycles. The molecule has 0 aromatic rings. The standard InChI is InChI=1S/C41H77NO8/c1-3-5-7-9-11-13-15-16-17-18-19-20-21-22-24-26-28-30-35(44)34(33-49-41-40(48)39(47)38(46)36(32-43)50-41)42-37(45)31-29-27-25-23-14-12-10-8-6-4-2/h8,10,28,30,34-36,38-41,43-44,46-48H,3-7,9,11-27,29,31-33H2,1-2H3,(H,42,45)/b10-8-,30-28+. The minimum absolute atomic E-state index is 0.190. The zero-order valence-corrected chi connectivity index (χ0v) is 31.9. The molecule has 1 aliphatic rings. The van der Waals surface area contributed by atoms with E-state index in [9.17, 15) is 30.3 Å². The molecule has 0 saturated carbocycles. The summed E-state index contributed by atoms with van der Waals surface area (Å²) >= 11 is 0. The lowest BCUT2D eigenvalue weighted by Crippen LogP contribution is -2.60. The number of amides is 1. The van der Waals surface area contributed by atoms with Crippen LogP contribution in [0.5, 0.6) is 0 Å². The van der Waals surface area contributed by atoms with Crippen molar-refractivity contribution in [1.82, 2.24) is 5.32 Å². The van der Waals surface area contributed by atoms with Crippen molar-refractivity contribution in [3.8, 4) is 0 Å². The van der Waals surface area contributed by atoms with E-state index in [1.807, 2.05) is 6.08 Å². The van der Waals surface area contributed by atoms with Gasteiger partial charge in [0.1, 0.15) is 24.4 Å². The SMILES string of the molecule is CCC/C=C\CCCCCCCC(=O)NC(COC1OC(CO)C(O)C(O)C1O)C(O)/C=C/CCCCCCCCCCCCCCCCC. The summed E-state index contributed by atoms with van der Waals surface area (Å²) in [5.41, 5.74) is 0. The van der Waals surface area contributed by atoms with Crippen molar-refractivity contribution in [1.29, 1.82) is 0 Å². The first-order valence-electron chi connectivity index (χ1n) is 20.6. The Morgan fingerprint density at radius 3 is 1.70 bits per heavy atom. The summed E-state index contributed by atoms with van der Waals surface area (Å²) in [6, 6.07) is -0.804. The van der Waals surface area contributed by atoms with Gasteiger partial charge in [-0.1, -0.05) is 154 Å². The van der Waals surface area contributed by atoms with Gasteiger partial charge in [-0.3, -0.25) is 4.79 Å². The molecule has 1 aliphatic heterocycles. The summed E-state index contributed by atoms with van der Waals surface area (Å²) in [6.45, 7) is 3.69. The molecular weight excluding hydrogens is 634 g/mol. The van der Waals surface area contributed by atoms with Gasteiger partial charge < -0.3 is 40.3 Å². The number of aliphatic hydroxyl groups is 5. The molecule has 1 heterocycles. The molecule has 50 heavy (non-hydrogen) atoms. The third-order valence-electron chi connectivity index (χ3n) is 9.75. The van der Waals surface area contributed by atoms with E-state index in [1.165, 1.54) is 89.9 Å². The number of carbonyl (C=O) groups excluding carboxylic acids is 1. The summed E-state index contributed by atoms with van der Waals surface area (Å²) in [6.07, 6.45) is 29.4. The molecule has 0 aliphatic carbocycles. The van der Waals surface area contributed by atoms with Crippen LogP contribution in [0.2, 0.25) is 0 Å². The quantitative estimate of drug-likeness (QED) is 0.0302. The van der Waals surface area contributed by atoms with Crippen molar-refractivity contribution in [3.05, 3.63) is 24.3 Å². The van der Waals surface area contributed by atoms with E-state index in [1.54, 1.807) is 6.08 Å². The Bertz CT molecular complexity index is 837. The molecule has 9 heteroatoms. The van der Waals surface area contributed by atoms with Crippen LogP contribution in [0.25, 0.3) is 0 Å². The summed E-state index contributed by atoms with van der Waals surface area (Å²) in [5.74, 6) is -0.190. The molecule has 0 aromatic carbocycles. The van der Waals surface area contributed by atoms with Crippen LogP contribution in [-0.2, 0) is 14.3 Å². The van der Waals surface area contributed by atoms with E-state index in [4.69, 9.17) is 9.47 Å². The number of hydrogen-bond acceptors (Lipinski definition) is 8. The van der Waals surface area contributed by atoms with Crippen LogP contribution < -0.4 is 5.32 Å². The molecule has 0 aromatic heterocycles. The van der Waals surface area contributed by atoms with Gasteiger partial charge in [-0.2, -0.15) is 0 Å². The Labute approximate surface area is 305 Å². The molecule has 7 atom stereocenters. The van der Waals surface area contributed by atoms with E-state index < -0.39 is 49.5 Å². The highest BCUT2D eigenvalue weighted by Crippen LogP contribution is 2.22. The molecule has 6 N–H and O–H groups in total. The van der Waals surface area contributed by atoms with E-state index in [0.717, 1.165) is 64.2 Å². The molecule has 1 amide bonds. The molecule has 9 nitrogen and oxygen atoms in total. The van der Waals surface area contributed by atoms with E-state index in [-0.39, 0.29) is 12.5 Å². The minimum atomic E-state index is -1.56. The van der Waals surface area contributed by atoms with E-state index in [0.29, 0.717) is 6.42 Å². The molecule has 1 rings (SSSR count). The van der Waals surface area contributed by atoms with Crippen LogP contribution in [-0.4, -0.2) is 87.5 Å². The van der Waals surface area contributed by atoms with Gasteiger partial charge in [-0.25, -0.2) is 0 Å². The molecule has 0 bridgehead atoms. The van der Waals surface area contributed by atoms with Crippen molar-refractivity contribution < 1.29 is 39.8 Å². The molecule has 0 radical (unpaired) electrons. The number of carbonyl (C=O) groups is 1. The fraction of sp³-hybridized carbons (Fsp3) is 0.878. The Hall–Kier alpha value is -1.33. The lowest BCUT2D eigenvalue weighted by Gasteiger charge is -2.40. The highest BCUT2D eigenvalue weighted by Gasteiger charge is 2.44. The lowest BCUT2D eigenvalue weighted by atomic mass is 9.99. The van der Waals surface area contributed by atoms with Crippen LogP contribution >= 0.6 is 0 Å². The van der Waals surface area contributed by atoms with Crippen molar-refractivity contribution in [3.63, 3.8) is 0 Å². The second-order valence-corrected chi connectivity index (χ2v) is 14.4. The number of aliphatic hydroxyl groups excluding tert-OH is 5. The normalized spacial score (nSPS) is 22.4. The maximum absolute atomic E-state index is 12.8. The first-order valence-corrected chi connectivity index (χ1v) is 20.6. The van der Waals surface area contributed by atoms with E-state index in [2.05, 4.69) is 31.3 Å². The summed E-state index contributed by atoms with van der Waals surface area (Å²) < 4.78 is 11.2. The predicted molar refractivity (Wildman–Crippen MR) is 203 cm³/mol. The van der Waals surface area contributed by atoms with Crippen LogP contribution in [0.3, 0.4) is 0 Å². The number of allylic oxidation sites excluding steroid dienone is 3. The van der Waals surface area contributed by atoms with Crippen molar-refractivity contribution in [2.24, 2.45) is 0 Å². The number of nitrogens with one attached hydrogen (secondary N) is 1. The zero-order chi connectivity index (χ0) is 36.7. The van der Waals surface area contributed by atoms with Crippen LogP contribution in [0.4, 0.5) is 0 Å². The fourth-order valence-electron chi connectivity index (χ4n) is 6.39. The molecule has 294 valence electrons. The third kappa shape index (κ3) is 23.3. The summed E-state index contributed by atoms with van der Waals surface area (Å²) in [7, 11) is 0. The van der Waals surface area contributed by atoms with Crippen molar-refractivity contribution in [2.45, 2.75) is 217 Å². The van der Waals surface area contributed by atoms with Gasteiger partial charge >= 0.3 is 0 Å². The monoisotopic (exact) mass is 712 g/mol. The highest BCUT2D eigenvalue weighted by molar-refractivity contribution is 5.76. The Balaban J connectivity index is 2.40. The smallest absolute Gasteiger partial charge is 0.220 e. The van der Waals surface area contributed by atoms with Crippen molar-refractivity contribution >= 4 is 5.91 Å². The fourth-order valence-corrected chi connectivity index (χ4v) is 6.39. The minimum Gasteiger partial charge on any atom is -0.394 e. The Kier molecular flexibility index (Phi) is 30.2. The average Bonchev–Trinajstić information content (AvgIpc) is 3.11. The van der Waals surface area contributed by atoms with Crippen LogP contribution in [0, 0.1) is 0 Å². The first-order chi connectivity index (χ1) is 24.3. The van der Waals surface area contributed by atoms with Gasteiger partial charge in [0.05, 0.1) is 25.4 Å². The van der Waals surface area contributed by atoms with Gasteiger partial charge in [-0.15, -0.1) is 0 Å². The van der Waals surface area contributed by atoms with Gasteiger partial charge in [0, 0.05) is 6.42 Å². The van der Waals surface area contributed by atoms with E-state index >= 15 is 0 Å². The summed E-state index contributed by atoms with van der Waals surface area (Å²) in [4.78, 5) is 12.8. The van der Waals surface area contributed by atoms with Crippen molar-refractivity contribution in [2.75, 3.05) is 13.2 Å². The number of rotatable bonds is 33. The predicted octanol–water partition coefficient (Wildman–Crippen LogP) is 7.55. The third-order valence-corrected chi connectivity index (χ3v) is 9.75. The molecule has 1 fully saturated rings.